The predicted molar refractivity (Wildman–Crippen MR) is 123 cm³/mol. The largest absolute Gasteiger partial charge is 0.467 e. The lowest BCUT2D eigenvalue weighted by Crippen LogP contribution is -2.36. The van der Waals surface area contributed by atoms with Crippen LogP contribution in [0.4, 0.5) is 0 Å². The molecule has 31 heavy (non-hydrogen) atoms. The highest BCUT2D eigenvalue weighted by molar-refractivity contribution is 7.80. The Balaban J connectivity index is 1.53. The molecule has 5 rings (SSSR count). The van der Waals surface area contributed by atoms with Gasteiger partial charge >= 0.3 is 0 Å². The molecule has 0 aromatic carbocycles. The van der Waals surface area contributed by atoms with Crippen LogP contribution in [0, 0.1) is 13.8 Å². The second kappa shape index (κ2) is 8.48. The fourth-order valence-electron chi connectivity index (χ4n) is 4.88. The molecule has 5 heterocycles. The summed E-state index contributed by atoms with van der Waals surface area (Å²) in [5.41, 5.74) is 4.70. The van der Waals surface area contributed by atoms with E-state index in [9.17, 15) is 0 Å². The molecule has 0 amide bonds. The highest BCUT2D eigenvalue weighted by Crippen LogP contribution is 2.41. The average Bonchev–Trinajstić information content (AvgIpc) is 3.57. The van der Waals surface area contributed by atoms with Gasteiger partial charge in [-0.1, -0.05) is 6.07 Å². The molecule has 2 aliphatic rings. The highest BCUT2D eigenvalue weighted by Gasteiger charge is 2.42. The Morgan fingerprint density at radius 3 is 2.84 bits per heavy atom. The third-order valence-corrected chi connectivity index (χ3v) is 6.80. The van der Waals surface area contributed by atoms with Gasteiger partial charge in [0.25, 0.3) is 0 Å². The van der Waals surface area contributed by atoms with Gasteiger partial charge in [0.15, 0.2) is 5.11 Å². The average molecular weight is 437 g/mol. The molecule has 7 heteroatoms. The van der Waals surface area contributed by atoms with E-state index in [1.54, 1.807) is 6.26 Å². The van der Waals surface area contributed by atoms with Gasteiger partial charge in [-0.15, -0.1) is 0 Å². The van der Waals surface area contributed by atoms with Crippen LogP contribution in [0.3, 0.4) is 0 Å². The molecule has 2 aliphatic heterocycles. The van der Waals surface area contributed by atoms with Crippen molar-refractivity contribution >= 4 is 17.3 Å². The first-order valence-electron chi connectivity index (χ1n) is 10.9. The first-order valence-corrected chi connectivity index (χ1v) is 11.3. The lowest BCUT2D eigenvalue weighted by atomic mass is 9.96. The van der Waals surface area contributed by atoms with Crippen LogP contribution >= 0.6 is 12.2 Å². The highest BCUT2D eigenvalue weighted by atomic mass is 32.1. The van der Waals surface area contributed by atoms with Crippen LogP contribution in [0.1, 0.15) is 53.3 Å². The number of nitrogens with one attached hydrogen (secondary N) is 1. The van der Waals surface area contributed by atoms with Gasteiger partial charge in [0, 0.05) is 30.7 Å². The van der Waals surface area contributed by atoms with Gasteiger partial charge < -0.3 is 23.9 Å². The summed E-state index contributed by atoms with van der Waals surface area (Å²) in [7, 11) is 0. The number of pyridine rings is 1. The molecule has 3 aromatic heterocycles. The Bertz CT molecular complexity index is 1040. The molecule has 0 unspecified atom stereocenters. The maximum atomic E-state index is 5.96. The van der Waals surface area contributed by atoms with E-state index in [1.165, 1.54) is 17.0 Å². The molecule has 1 N–H and O–H groups in total. The monoisotopic (exact) mass is 436 g/mol. The Morgan fingerprint density at radius 1 is 1.23 bits per heavy atom. The van der Waals surface area contributed by atoms with E-state index in [1.807, 2.05) is 30.5 Å². The molecule has 162 valence electrons. The summed E-state index contributed by atoms with van der Waals surface area (Å²) in [6.45, 7) is 6.69. The van der Waals surface area contributed by atoms with E-state index < -0.39 is 0 Å². The van der Waals surface area contributed by atoms with Crippen LogP contribution in [-0.4, -0.2) is 38.8 Å². The summed E-state index contributed by atoms with van der Waals surface area (Å²) in [5, 5.41) is 4.33. The van der Waals surface area contributed by atoms with Gasteiger partial charge in [-0.25, -0.2) is 0 Å². The summed E-state index contributed by atoms with van der Waals surface area (Å²) < 4.78 is 13.9. The Labute approximate surface area is 188 Å². The van der Waals surface area contributed by atoms with Crippen molar-refractivity contribution in [2.45, 2.75) is 51.4 Å². The molecule has 3 atom stereocenters. The smallest absolute Gasteiger partial charge is 0.170 e. The number of thiocarbonyl (C=S) groups is 1. The fraction of sp³-hybridized carbons (Fsp3) is 0.417. The van der Waals surface area contributed by atoms with Crippen molar-refractivity contribution in [3.8, 4) is 0 Å². The van der Waals surface area contributed by atoms with Crippen molar-refractivity contribution in [2.75, 3.05) is 13.2 Å². The van der Waals surface area contributed by atoms with Crippen molar-refractivity contribution in [3.05, 3.63) is 77.3 Å². The number of ether oxygens (including phenoxy) is 1. The Morgan fingerprint density at radius 2 is 2.13 bits per heavy atom. The molecular weight excluding hydrogens is 408 g/mol. The minimum atomic E-state index is -0.00679. The quantitative estimate of drug-likeness (QED) is 0.582. The number of rotatable bonds is 6. The maximum Gasteiger partial charge on any atom is 0.170 e. The molecule has 0 radical (unpaired) electrons. The van der Waals surface area contributed by atoms with Crippen molar-refractivity contribution in [2.24, 2.45) is 0 Å². The van der Waals surface area contributed by atoms with Gasteiger partial charge in [-0.2, -0.15) is 0 Å². The third kappa shape index (κ3) is 3.88. The molecule has 2 saturated heterocycles. The van der Waals surface area contributed by atoms with E-state index >= 15 is 0 Å². The standard InChI is InChI=1S/C24H28N4O2S/c1-16-13-20(17(2)27(16)14-18-7-5-11-29-18)23-22(21-9-3-4-10-25-21)26-24(31)28(23)15-19-8-6-12-30-19/h3-5,7,9-11,13,19,22-23H,6,8,12,14-15H2,1-2H3,(H,26,31)/t19-,22-,23-/m0/s1. The fourth-order valence-corrected chi connectivity index (χ4v) is 5.19. The van der Waals surface area contributed by atoms with Crippen LogP contribution in [-0.2, 0) is 11.3 Å². The van der Waals surface area contributed by atoms with Crippen LogP contribution in [0.25, 0.3) is 0 Å². The van der Waals surface area contributed by atoms with Crippen molar-refractivity contribution in [3.63, 3.8) is 0 Å². The number of hydrogen-bond acceptors (Lipinski definition) is 4. The van der Waals surface area contributed by atoms with E-state index in [0.29, 0.717) is 0 Å². The number of aryl methyl sites for hydroxylation is 1. The zero-order chi connectivity index (χ0) is 21.4. The van der Waals surface area contributed by atoms with Crippen molar-refractivity contribution in [1.82, 2.24) is 19.8 Å². The minimum absolute atomic E-state index is 0.00679. The zero-order valence-electron chi connectivity index (χ0n) is 18.0. The number of hydrogen-bond donors (Lipinski definition) is 1. The Hall–Kier alpha value is -2.64. The summed E-state index contributed by atoms with van der Waals surface area (Å²) in [5.74, 6) is 0.950. The lowest BCUT2D eigenvalue weighted by Gasteiger charge is -2.30. The van der Waals surface area contributed by atoms with E-state index in [4.69, 9.17) is 21.4 Å². The van der Waals surface area contributed by atoms with Gasteiger partial charge in [-0.05, 0) is 74.8 Å². The second-order valence-corrected chi connectivity index (χ2v) is 8.79. The predicted octanol–water partition coefficient (Wildman–Crippen LogP) is 4.29. The first-order chi connectivity index (χ1) is 15.1. The molecular formula is C24H28N4O2S. The van der Waals surface area contributed by atoms with Gasteiger partial charge in [0.2, 0.25) is 0 Å². The Kier molecular flexibility index (Phi) is 5.54. The summed E-state index contributed by atoms with van der Waals surface area (Å²) in [6, 6.07) is 12.4. The second-order valence-electron chi connectivity index (χ2n) is 8.41. The number of furan rings is 1. The lowest BCUT2D eigenvalue weighted by molar-refractivity contribution is 0.0842. The van der Waals surface area contributed by atoms with Gasteiger partial charge in [0.1, 0.15) is 5.76 Å². The van der Waals surface area contributed by atoms with Crippen molar-refractivity contribution < 1.29 is 9.15 Å². The molecule has 0 aliphatic carbocycles. The topological polar surface area (TPSA) is 55.5 Å². The molecule has 0 saturated carbocycles. The molecule has 2 fully saturated rings. The van der Waals surface area contributed by atoms with Gasteiger partial charge in [-0.3, -0.25) is 4.98 Å². The van der Waals surface area contributed by atoms with E-state index in [0.717, 1.165) is 49.1 Å². The molecule has 0 spiro atoms. The zero-order valence-corrected chi connectivity index (χ0v) is 18.8. The first kappa shape index (κ1) is 20.3. The molecule has 0 bridgehead atoms. The van der Waals surface area contributed by atoms with Crippen LogP contribution in [0.2, 0.25) is 0 Å². The number of nitrogens with zero attached hydrogens (tertiary/aromatic N) is 3. The molecule has 3 aromatic rings. The third-order valence-electron chi connectivity index (χ3n) is 6.45. The van der Waals surface area contributed by atoms with Crippen LogP contribution in [0.15, 0.2) is 53.3 Å². The van der Waals surface area contributed by atoms with E-state index in [2.05, 4.69) is 45.7 Å². The summed E-state index contributed by atoms with van der Waals surface area (Å²) >= 11 is 5.82. The van der Waals surface area contributed by atoms with Crippen LogP contribution in [0.5, 0.6) is 0 Å². The van der Waals surface area contributed by atoms with E-state index in [-0.39, 0.29) is 18.2 Å². The molecule has 6 nitrogen and oxygen atoms in total. The summed E-state index contributed by atoms with van der Waals surface area (Å²) in [6.07, 6.45) is 5.99. The summed E-state index contributed by atoms with van der Waals surface area (Å²) in [4.78, 5) is 6.96. The maximum absolute atomic E-state index is 5.96. The van der Waals surface area contributed by atoms with Gasteiger partial charge in [0.05, 0.1) is 36.7 Å². The SMILES string of the molecule is Cc1cc([C@H]2[C@H](c3ccccn3)NC(=S)N2C[C@@H]2CCCO2)c(C)n1Cc1ccco1. The minimum Gasteiger partial charge on any atom is -0.467 e. The normalized spacial score (nSPS) is 23.5. The van der Waals surface area contributed by atoms with Crippen LogP contribution < -0.4 is 5.32 Å². The van der Waals surface area contributed by atoms with Crippen molar-refractivity contribution in [1.29, 1.82) is 0 Å². The number of aromatic nitrogens is 2.